The van der Waals surface area contributed by atoms with Gasteiger partial charge in [-0.15, -0.1) is 11.3 Å². The lowest BCUT2D eigenvalue weighted by Gasteiger charge is -2.19. The molecule has 0 radical (unpaired) electrons. The number of hydrogen-bond acceptors (Lipinski definition) is 7. The lowest BCUT2D eigenvalue weighted by molar-refractivity contribution is 0.128. The SMILES string of the molecule is Cc1nc(CON=C(c2c(C)c(C)c(C)c(C)c2C)c2noc(=O)n2C)c(C)s1. The van der Waals surface area contributed by atoms with Crippen molar-refractivity contribution < 1.29 is 9.36 Å². The Labute approximate surface area is 174 Å². The molecule has 2 aromatic heterocycles. The molecule has 3 aromatic rings. The predicted molar refractivity (Wildman–Crippen MR) is 114 cm³/mol. The van der Waals surface area contributed by atoms with E-state index in [1.54, 1.807) is 18.4 Å². The van der Waals surface area contributed by atoms with Crippen LogP contribution < -0.4 is 5.76 Å². The predicted octanol–water partition coefficient (Wildman–Crippen LogP) is 3.96. The van der Waals surface area contributed by atoms with Crippen LogP contribution in [-0.4, -0.2) is 20.4 Å². The van der Waals surface area contributed by atoms with E-state index in [-0.39, 0.29) is 6.61 Å². The normalized spacial score (nSPS) is 11.9. The molecule has 0 aliphatic heterocycles. The molecule has 0 atom stereocenters. The topological polar surface area (TPSA) is 82.5 Å². The van der Waals surface area contributed by atoms with E-state index in [2.05, 4.69) is 36.1 Å². The van der Waals surface area contributed by atoms with Gasteiger partial charge in [-0.3, -0.25) is 9.09 Å². The summed E-state index contributed by atoms with van der Waals surface area (Å²) in [5.74, 6) is -0.218. The zero-order valence-corrected chi connectivity index (χ0v) is 18.9. The summed E-state index contributed by atoms with van der Waals surface area (Å²) >= 11 is 1.62. The van der Waals surface area contributed by atoms with Crippen molar-refractivity contribution in [2.45, 2.75) is 55.1 Å². The molecular formula is C21H26N4O3S. The molecule has 0 spiro atoms. The molecule has 0 saturated heterocycles. The minimum Gasteiger partial charge on any atom is -0.389 e. The molecule has 1 aromatic carbocycles. The molecule has 0 amide bonds. The van der Waals surface area contributed by atoms with E-state index in [0.29, 0.717) is 11.5 Å². The highest BCUT2D eigenvalue weighted by Crippen LogP contribution is 2.28. The van der Waals surface area contributed by atoms with Gasteiger partial charge in [-0.1, -0.05) is 10.3 Å². The lowest BCUT2D eigenvalue weighted by atomic mass is 9.87. The summed E-state index contributed by atoms with van der Waals surface area (Å²) in [5, 5.41) is 9.36. The second kappa shape index (κ2) is 7.94. The summed E-state index contributed by atoms with van der Waals surface area (Å²) in [6.07, 6.45) is 0. The van der Waals surface area contributed by atoms with Gasteiger partial charge < -0.3 is 4.84 Å². The van der Waals surface area contributed by atoms with Gasteiger partial charge in [0.05, 0.1) is 10.7 Å². The quantitative estimate of drug-likeness (QED) is 0.466. The van der Waals surface area contributed by atoms with Gasteiger partial charge in [0, 0.05) is 17.5 Å². The van der Waals surface area contributed by atoms with E-state index >= 15 is 0 Å². The van der Waals surface area contributed by atoms with Crippen molar-refractivity contribution in [3.63, 3.8) is 0 Å². The van der Waals surface area contributed by atoms with Gasteiger partial charge in [0.15, 0.2) is 12.3 Å². The standard InChI is InChI=1S/C21H26N4O3S/c1-10-11(2)13(4)18(14(5)12(10)3)19(20-24-28-21(26)25(20)8)23-27-9-17-15(6)29-16(7)22-17/h9H2,1-8H3. The second-order valence-electron chi connectivity index (χ2n) is 7.28. The minimum absolute atomic E-state index is 0.243. The first kappa shape index (κ1) is 21.0. The Balaban J connectivity index is 2.14. The smallest absolute Gasteiger partial charge is 0.389 e. The highest BCUT2D eigenvalue weighted by Gasteiger charge is 2.24. The Morgan fingerprint density at radius 2 is 1.62 bits per heavy atom. The Morgan fingerprint density at radius 1 is 1.03 bits per heavy atom. The van der Waals surface area contributed by atoms with E-state index in [0.717, 1.165) is 32.3 Å². The summed E-state index contributed by atoms with van der Waals surface area (Å²) in [4.78, 5) is 23.2. The van der Waals surface area contributed by atoms with Gasteiger partial charge in [-0.2, -0.15) is 0 Å². The van der Waals surface area contributed by atoms with E-state index in [1.165, 1.54) is 21.3 Å². The van der Waals surface area contributed by atoms with Crippen LogP contribution in [0.15, 0.2) is 14.5 Å². The van der Waals surface area contributed by atoms with Crippen LogP contribution in [-0.2, 0) is 18.5 Å². The van der Waals surface area contributed by atoms with Crippen molar-refractivity contribution in [3.8, 4) is 0 Å². The van der Waals surface area contributed by atoms with Gasteiger partial charge in [0.2, 0.25) is 5.82 Å². The van der Waals surface area contributed by atoms with Gasteiger partial charge >= 0.3 is 5.76 Å². The van der Waals surface area contributed by atoms with Crippen LogP contribution in [0.1, 0.15) is 54.8 Å². The summed E-state index contributed by atoms with van der Waals surface area (Å²) in [6.45, 7) is 14.6. The third-order valence-electron chi connectivity index (χ3n) is 5.61. The van der Waals surface area contributed by atoms with Crippen molar-refractivity contribution in [1.29, 1.82) is 0 Å². The fourth-order valence-corrected chi connectivity index (χ4v) is 4.23. The fourth-order valence-electron chi connectivity index (χ4n) is 3.41. The fraction of sp³-hybridized carbons (Fsp3) is 0.429. The Hall–Kier alpha value is -2.74. The van der Waals surface area contributed by atoms with Crippen molar-refractivity contribution >= 4 is 17.0 Å². The highest BCUT2D eigenvalue weighted by molar-refractivity contribution is 7.11. The molecular weight excluding hydrogens is 388 g/mol. The zero-order valence-electron chi connectivity index (χ0n) is 18.1. The van der Waals surface area contributed by atoms with Crippen LogP contribution in [0.25, 0.3) is 0 Å². The van der Waals surface area contributed by atoms with E-state index < -0.39 is 5.76 Å². The van der Waals surface area contributed by atoms with Crippen LogP contribution in [0.3, 0.4) is 0 Å². The molecule has 0 unspecified atom stereocenters. The molecule has 154 valence electrons. The van der Waals surface area contributed by atoms with E-state index in [4.69, 9.17) is 9.36 Å². The Morgan fingerprint density at radius 3 is 2.10 bits per heavy atom. The number of nitrogens with zero attached hydrogens (tertiary/aromatic N) is 4. The first-order valence-electron chi connectivity index (χ1n) is 9.36. The van der Waals surface area contributed by atoms with Crippen molar-refractivity contribution in [2.24, 2.45) is 12.2 Å². The maximum Gasteiger partial charge on any atom is 0.441 e. The molecule has 0 saturated carbocycles. The van der Waals surface area contributed by atoms with E-state index in [1.807, 2.05) is 27.7 Å². The average Bonchev–Trinajstić information content (AvgIpc) is 3.18. The molecule has 7 nitrogen and oxygen atoms in total. The number of aryl methyl sites for hydroxylation is 2. The number of hydrogen-bond donors (Lipinski definition) is 0. The van der Waals surface area contributed by atoms with Crippen molar-refractivity contribution in [1.82, 2.24) is 14.7 Å². The van der Waals surface area contributed by atoms with Gasteiger partial charge in [0.25, 0.3) is 0 Å². The highest BCUT2D eigenvalue weighted by atomic mass is 32.1. The van der Waals surface area contributed by atoms with Crippen LogP contribution in [0.5, 0.6) is 0 Å². The lowest BCUT2D eigenvalue weighted by Crippen LogP contribution is -2.20. The molecule has 0 aliphatic rings. The molecule has 0 N–H and O–H groups in total. The third-order valence-corrected chi connectivity index (χ3v) is 6.54. The third kappa shape index (κ3) is 3.76. The van der Waals surface area contributed by atoms with Crippen LogP contribution in [0.4, 0.5) is 0 Å². The van der Waals surface area contributed by atoms with Crippen molar-refractivity contribution in [2.75, 3.05) is 0 Å². The van der Waals surface area contributed by atoms with E-state index in [9.17, 15) is 4.79 Å². The molecule has 29 heavy (non-hydrogen) atoms. The largest absolute Gasteiger partial charge is 0.441 e. The molecule has 3 rings (SSSR count). The molecule has 0 bridgehead atoms. The Bertz CT molecular complexity index is 1140. The summed E-state index contributed by atoms with van der Waals surface area (Å²) in [7, 11) is 1.61. The number of rotatable bonds is 5. The average molecular weight is 415 g/mol. The maximum atomic E-state index is 11.9. The number of oxime groups is 1. The first-order chi connectivity index (χ1) is 13.6. The number of aromatic nitrogens is 3. The molecule has 0 fully saturated rings. The number of benzene rings is 1. The number of thiazole rings is 1. The second-order valence-corrected chi connectivity index (χ2v) is 8.69. The first-order valence-corrected chi connectivity index (χ1v) is 10.2. The van der Waals surface area contributed by atoms with Gasteiger partial charge in [-0.05, 0) is 76.3 Å². The molecule has 0 aliphatic carbocycles. The van der Waals surface area contributed by atoms with Gasteiger partial charge in [0.1, 0.15) is 0 Å². The van der Waals surface area contributed by atoms with Crippen LogP contribution in [0.2, 0.25) is 0 Å². The Kier molecular flexibility index (Phi) is 5.75. The minimum atomic E-state index is -0.547. The van der Waals surface area contributed by atoms with Gasteiger partial charge in [-0.25, -0.2) is 9.78 Å². The molecule has 2 heterocycles. The zero-order chi connectivity index (χ0) is 21.5. The van der Waals surface area contributed by atoms with Crippen LogP contribution >= 0.6 is 11.3 Å². The monoisotopic (exact) mass is 414 g/mol. The van der Waals surface area contributed by atoms with Crippen LogP contribution in [0, 0.1) is 48.5 Å². The summed E-state index contributed by atoms with van der Waals surface area (Å²) in [5.41, 5.74) is 7.98. The van der Waals surface area contributed by atoms with Crippen molar-refractivity contribution in [3.05, 3.63) is 65.3 Å². The molecule has 8 heteroatoms. The summed E-state index contributed by atoms with van der Waals surface area (Å²) in [6, 6.07) is 0. The summed E-state index contributed by atoms with van der Waals surface area (Å²) < 4.78 is 6.20. The maximum absolute atomic E-state index is 11.9.